The number of sulfonamides is 1. The second-order valence-corrected chi connectivity index (χ2v) is 5.49. The summed E-state index contributed by atoms with van der Waals surface area (Å²) in [5.74, 6) is 0. The van der Waals surface area contributed by atoms with Crippen molar-refractivity contribution in [3.63, 3.8) is 0 Å². The highest BCUT2D eigenvalue weighted by Crippen LogP contribution is 2.14. The van der Waals surface area contributed by atoms with Gasteiger partial charge in [0.1, 0.15) is 0 Å². The van der Waals surface area contributed by atoms with Gasteiger partial charge >= 0.3 is 0 Å². The summed E-state index contributed by atoms with van der Waals surface area (Å²) in [6.45, 7) is 1.92. The first-order valence-corrected chi connectivity index (χ1v) is 6.60. The first-order chi connectivity index (χ1) is 7.58. The van der Waals surface area contributed by atoms with Crippen LogP contribution in [0.1, 0.15) is 18.4 Å². The molecule has 0 aromatic heterocycles. The molecule has 0 unspecified atom stereocenters. The fourth-order valence-electron chi connectivity index (χ4n) is 1.31. The molecule has 1 aromatic carbocycles. The summed E-state index contributed by atoms with van der Waals surface area (Å²) in [7, 11) is -3.45. The van der Waals surface area contributed by atoms with Crippen molar-refractivity contribution in [2.75, 3.05) is 0 Å². The summed E-state index contributed by atoms with van der Waals surface area (Å²) in [4.78, 5) is 2.62. The lowest BCUT2D eigenvalue weighted by molar-refractivity contribution is 0.563. The molecule has 86 valence electrons. The maximum absolute atomic E-state index is 11.8. The molecule has 1 aliphatic carbocycles. The van der Waals surface area contributed by atoms with Crippen molar-refractivity contribution in [3.8, 4) is 0 Å². The monoisotopic (exact) mass is 238 g/mol. The van der Waals surface area contributed by atoms with Crippen LogP contribution in [0.4, 0.5) is 0 Å². The zero-order chi connectivity index (χ0) is 11.6. The molecule has 0 atom stereocenters. The second kappa shape index (κ2) is 4.27. The van der Waals surface area contributed by atoms with E-state index >= 15 is 0 Å². The molecule has 0 heterocycles. The molecule has 0 fully saturated rings. The van der Waals surface area contributed by atoms with E-state index in [1.54, 1.807) is 24.3 Å². The molecule has 0 saturated carbocycles. The summed E-state index contributed by atoms with van der Waals surface area (Å²) in [6, 6.07) is 6.73. The molecule has 16 heavy (non-hydrogen) atoms. The van der Waals surface area contributed by atoms with Gasteiger partial charge < -0.3 is 5.43 Å². The molecule has 0 bridgehead atoms. The molecular formula is C11H14N2O2S. The SMILES string of the molecule is Cc1ccc(S(=O)(=O)NNC2=CCC2)cc1. The van der Waals surface area contributed by atoms with Gasteiger partial charge in [-0.15, -0.1) is 4.83 Å². The Kier molecular flexibility index (Phi) is 2.98. The maximum atomic E-state index is 11.8. The van der Waals surface area contributed by atoms with Crippen LogP contribution >= 0.6 is 0 Å². The predicted molar refractivity (Wildman–Crippen MR) is 62.0 cm³/mol. The Morgan fingerprint density at radius 2 is 1.81 bits per heavy atom. The number of rotatable bonds is 4. The van der Waals surface area contributed by atoms with E-state index < -0.39 is 10.0 Å². The smallest absolute Gasteiger partial charge is 0.257 e. The third kappa shape index (κ3) is 2.43. The quantitative estimate of drug-likeness (QED) is 0.781. The summed E-state index contributed by atoms with van der Waals surface area (Å²) in [6.07, 6.45) is 3.86. The molecular weight excluding hydrogens is 224 g/mol. The van der Waals surface area contributed by atoms with Crippen molar-refractivity contribution in [2.45, 2.75) is 24.7 Å². The minimum atomic E-state index is -3.45. The molecule has 2 N–H and O–H groups in total. The number of benzene rings is 1. The van der Waals surface area contributed by atoms with Gasteiger partial charge in [-0.2, -0.15) is 0 Å². The van der Waals surface area contributed by atoms with Gasteiger partial charge in [-0.05, 0) is 31.9 Å². The Balaban J connectivity index is 2.08. The molecule has 0 saturated heterocycles. The van der Waals surface area contributed by atoms with E-state index in [9.17, 15) is 8.42 Å². The Labute approximate surface area is 95.4 Å². The Bertz CT molecular complexity index is 503. The lowest BCUT2D eigenvalue weighted by Gasteiger charge is -2.17. The average molecular weight is 238 g/mol. The van der Waals surface area contributed by atoms with E-state index in [0.29, 0.717) is 0 Å². The maximum Gasteiger partial charge on any atom is 0.257 e. The first kappa shape index (κ1) is 11.2. The van der Waals surface area contributed by atoms with Crippen LogP contribution in [0, 0.1) is 6.92 Å². The van der Waals surface area contributed by atoms with Gasteiger partial charge in [-0.1, -0.05) is 23.8 Å². The highest BCUT2D eigenvalue weighted by molar-refractivity contribution is 7.89. The van der Waals surface area contributed by atoms with Gasteiger partial charge in [0.25, 0.3) is 10.0 Å². The van der Waals surface area contributed by atoms with Crippen molar-refractivity contribution in [1.29, 1.82) is 0 Å². The van der Waals surface area contributed by atoms with E-state index in [1.165, 1.54) is 0 Å². The fraction of sp³-hybridized carbons (Fsp3) is 0.273. The number of hydrazine groups is 1. The Morgan fingerprint density at radius 1 is 1.19 bits per heavy atom. The van der Waals surface area contributed by atoms with Crippen molar-refractivity contribution < 1.29 is 8.42 Å². The van der Waals surface area contributed by atoms with Gasteiger partial charge in [-0.3, -0.25) is 0 Å². The van der Waals surface area contributed by atoms with Crippen molar-refractivity contribution in [1.82, 2.24) is 10.3 Å². The lowest BCUT2D eigenvalue weighted by Crippen LogP contribution is -2.37. The van der Waals surface area contributed by atoms with Gasteiger partial charge in [0.15, 0.2) is 0 Å². The zero-order valence-corrected chi connectivity index (χ0v) is 9.84. The van der Waals surface area contributed by atoms with Gasteiger partial charge in [0, 0.05) is 5.70 Å². The van der Waals surface area contributed by atoms with Crippen molar-refractivity contribution in [3.05, 3.63) is 41.6 Å². The van der Waals surface area contributed by atoms with Crippen LogP contribution in [0.25, 0.3) is 0 Å². The third-order valence-corrected chi connectivity index (χ3v) is 3.75. The largest absolute Gasteiger partial charge is 0.312 e. The fourth-order valence-corrected chi connectivity index (χ4v) is 2.19. The predicted octanol–water partition coefficient (Wildman–Crippen LogP) is 1.46. The van der Waals surface area contributed by atoms with Crippen molar-refractivity contribution >= 4 is 10.0 Å². The normalized spacial score (nSPS) is 15.2. The average Bonchev–Trinajstić information content (AvgIpc) is 2.15. The van der Waals surface area contributed by atoms with Gasteiger partial charge in [0.05, 0.1) is 4.90 Å². The molecule has 0 radical (unpaired) electrons. The lowest BCUT2D eigenvalue weighted by atomic mass is 10.1. The molecule has 0 spiro atoms. The highest BCUT2D eigenvalue weighted by atomic mass is 32.2. The van der Waals surface area contributed by atoms with Crippen LogP contribution in [0.3, 0.4) is 0 Å². The van der Waals surface area contributed by atoms with Crippen LogP contribution in [-0.2, 0) is 10.0 Å². The van der Waals surface area contributed by atoms with Gasteiger partial charge in [-0.25, -0.2) is 8.42 Å². The van der Waals surface area contributed by atoms with Crippen LogP contribution in [-0.4, -0.2) is 8.42 Å². The highest BCUT2D eigenvalue weighted by Gasteiger charge is 2.14. The number of aryl methyl sites for hydroxylation is 1. The number of hydrogen-bond acceptors (Lipinski definition) is 3. The molecule has 4 nitrogen and oxygen atoms in total. The van der Waals surface area contributed by atoms with Crippen LogP contribution in [0.2, 0.25) is 0 Å². The number of hydrogen-bond donors (Lipinski definition) is 2. The molecule has 0 aliphatic heterocycles. The van der Waals surface area contributed by atoms with Crippen LogP contribution in [0.15, 0.2) is 40.9 Å². The molecule has 1 aliphatic rings. The van der Waals surface area contributed by atoms with Crippen LogP contribution in [0.5, 0.6) is 0 Å². The molecule has 5 heteroatoms. The summed E-state index contributed by atoms with van der Waals surface area (Å²) < 4.78 is 23.6. The topological polar surface area (TPSA) is 58.2 Å². The first-order valence-electron chi connectivity index (χ1n) is 5.11. The van der Waals surface area contributed by atoms with E-state index in [2.05, 4.69) is 10.3 Å². The molecule has 2 rings (SSSR count). The summed E-state index contributed by atoms with van der Waals surface area (Å²) >= 11 is 0. The number of allylic oxidation sites excluding steroid dienone is 2. The minimum absolute atomic E-state index is 0.269. The van der Waals surface area contributed by atoms with Crippen LogP contribution < -0.4 is 10.3 Å². The van der Waals surface area contributed by atoms with Gasteiger partial charge in [0.2, 0.25) is 0 Å². The van der Waals surface area contributed by atoms with E-state index in [1.807, 2.05) is 13.0 Å². The van der Waals surface area contributed by atoms with E-state index in [0.717, 1.165) is 24.1 Å². The Hall–Kier alpha value is -1.33. The van der Waals surface area contributed by atoms with E-state index in [4.69, 9.17) is 0 Å². The molecule has 0 amide bonds. The number of nitrogens with one attached hydrogen (secondary N) is 2. The summed E-state index contributed by atoms with van der Waals surface area (Å²) in [5, 5.41) is 0. The zero-order valence-electron chi connectivity index (χ0n) is 9.03. The minimum Gasteiger partial charge on any atom is -0.312 e. The second-order valence-electron chi connectivity index (χ2n) is 3.81. The molecule has 1 aromatic rings. The standard InChI is InChI=1S/C11H14N2O2S/c1-9-5-7-11(8-6-9)16(14,15)13-12-10-3-2-4-10/h3,5-8,12-13H,2,4H2,1H3. The van der Waals surface area contributed by atoms with E-state index in [-0.39, 0.29) is 4.90 Å². The summed E-state index contributed by atoms with van der Waals surface area (Å²) in [5.41, 5.74) is 4.66. The Morgan fingerprint density at radius 3 is 2.31 bits per heavy atom. The van der Waals surface area contributed by atoms with Crippen molar-refractivity contribution in [2.24, 2.45) is 0 Å². The third-order valence-electron chi connectivity index (χ3n) is 2.48.